The lowest BCUT2D eigenvalue weighted by molar-refractivity contribution is -0.144. The van der Waals surface area contributed by atoms with E-state index >= 15 is 0 Å². The van der Waals surface area contributed by atoms with Gasteiger partial charge in [0.05, 0.1) is 0 Å². The number of carbonyl (C=O) groups excluding carboxylic acids is 1. The number of hydrogen-bond donors (Lipinski definition) is 1. The Morgan fingerprint density at radius 1 is 1.11 bits per heavy atom. The maximum atomic E-state index is 13.8. The number of nitrogens with one attached hydrogen (secondary N) is 1. The van der Waals surface area contributed by atoms with Gasteiger partial charge in [0.2, 0.25) is 5.91 Å². The maximum Gasteiger partial charge on any atom is 0.243 e. The van der Waals surface area contributed by atoms with Crippen LogP contribution < -0.4 is 5.32 Å². The number of nitrogens with zero attached hydrogens (tertiary/aromatic N) is 2. The molecule has 1 heterocycles. The zero-order valence-corrected chi connectivity index (χ0v) is 17.0. The van der Waals surface area contributed by atoms with Crippen LogP contribution in [-0.2, 0) is 24.1 Å². The molecule has 2 aromatic rings. The number of fused-ring (bicyclic) bond motifs is 1. The normalized spacial score (nSPS) is 21.0. The zero-order valence-electron chi connectivity index (χ0n) is 17.0. The van der Waals surface area contributed by atoms with Crippen molar-refractivity contribution in [1.82, 2.24) is 15.1 Å². The van der Waals surface area contributed by atoms with Crippen LogP contribution in [0.25, 0.3) is 0 Å². The third-order valence-electron chi connectivity index (χ3n) is 6.45. The molecule has 0 aromatic heterocycles. The van der Waals surface area contributed by atoms with Crippen molar-refractivity contribution in [3.8, 4) is 0 Å². The largest absolute Gasteiger partial charge is 0.338 e. The summed E-state index contributed by atoms with van der Waals surface area (Å²) >= 11 is 0. The SMILES string of the molecule is C[C@H]1CN(C(=O)C2(N(C)CCc3ccccc3)Cc3ccccc3C2)CCN1. The highest BCUT2D eigenvalue weighted by Crippen LogP contribution is 2.36. The van der Waals surface area contributed by atoms with Crippen molar-refractivity contribution in [1.29, 1.82) is 0 Å². The molecular formula is C24H31N3O. The highest BCUT2D eigenvalue weighted by Gasteiger charge is 2.49. The molecule has 28 heavy (non-hydrogen) atoms. The number of hydrogen-bond acceptors (Lipinski definition) is 3. The van der Waals surface area contributed by atoms with E-state index in [9.17, 15) is 4.79 Å². The molecule has 2 aliphatic rings. The van der Waals surface area contributed by atoms with Crippen LogP contribution in [-0.4, -0.2) is 60.5 Å². The maximum absolute atomic E-state index is 13.8. The Balaban J connectivity index is 1.58. The molecule has 0 spiro atoms. The second-order valence-corrected chi connectivity index (χ2v) is 8.42. The van der Waals surface area contributed by atoms with Gasteiger partial charge >= 0.3 is 0 Å². The summed E-state index contributed by atoms with van der Waals surface area (Å²) in [6.45, 7) is 5.51. The van der Waals surface area contributed by atoms with Gasteiger partial charge in [-0.15, -0.1) is 0 Å². The average Bonchev–Trinajstić information content (AvgIpc) is 3.13. The molecule has 148 valence electrons. The van der Waals surface area contributed by atoms with Crippen molar-refractivity contribution in [3.63, 3.8) is 0 Å². The van der Waals surface area contributed by atoms with E-state index in [1.54, 1.807) is 0 Å². The van der Waals surface area contributed by atoms with Gasteiger partial charge in [-0.1, -0.05) is 54.6 Å². The topological polar surface area (TPSA) is 35.6 Å². The smallest absolute Gasteiger partial charge is 0.243 e. The summed E-state index contributed by atoms with van der Waals surface area (Å²) in [4.78, 5) is 18.3. The molecule has 0 bridgehead atoms. The summed E-state index contributed by atoms with van der Waals surface area (Å²) in [6.07, 6.45) is 2.58. The Bertz CT molecular complexity index is 795. The van der Waals surface area contributed by atoms with E-state index in [4.69, 9.17) is 0 Å². The fourth-order valence-corrected chi connectivity index (χ4v) is 4.75. The van der Waals surface area contributed by atoms with Crippen LogP contribution in [0.1, 0.15) is 23.6 Å². The number of likely N-dealkylation sites (N-methyl/N-ethyl adjacent to an activating group) is 1. The van der Waals surface area contributed by atoms with E-state index < -0.39 is 5.54 Å². The van der Waals surface area contributed by atoms with Gasteiger partial charge in [-0.25, -0.2) is 0 Å². The molecule has 0 radical (unpaired) electrons. The van der Waals surface area contributed by atoms with E-state index in [0.29, 0.717) is 11.9 Å². The minimum atomic E-state index is -0.463. The van der Waals surface area contributed by atoms with Crippen molar-refractivity contribution >= 4 is 5.91 Å². The van der Waals surface area contributed by atoms with Crippen LogP contribution in [0.4, 0.5) is 0 Å². The predicted molar refractivity (Wildman–Crippen MR) is 113 cm³/mol. The van der Waals surface area contributed by atoms with Crippen LogP contribution in [0.15, 0.2) is 54.6 Å². The highest BCUT2D eigenvalue weighted by molar-refractivity contribution is 5.88. The number of amides is 1. The van der Waals surface area contributed by atoms with Gasteiger partial charge in [0.25, 0.3) is 0 Å². The van der Waals surface area contributed by atoms with Gasteiger partial charge in [-0.2, -0.15) is 0 Å². The predicted octanol–water partition coefficient (Wildman–Crippen LogP) is 2.52. The fraction of sp³-hybridized carbons (Fsp3) is 0.458. The lowest BCUT2D eigenvalue weighted by Gasteiger charge is -2.43. The monoisotopic (exact) mass is 377 g/mol. The first-order chi connectivity index (χ1) is 13.6. The first-order valence-electron chi connectivity index (χ1n) is 10.4. The number of benzene rings is 2. The van der Waals surface area contributed by atoms with Crippen molar-refractivity contribution in [2.45, 2.75) is 37.8 Å². The number of carbonyl (C=O) groups is 1. The Hall–Kier alpha value is -2.17. The van der Waals surface area contributed by atoms with Gasteiger partial charge in [-0.05, 0) is 37.1 Å². The summed E-state index contributed by atoms with van der Waals surface area (Å²) in [5, 5.41) is 3.46. The van der Waals surface area contributed by atoms with E-state index in [2.05, 4.69) is 83.7 Å². The summed E-state index contributed by atoms with van der Waals surface area (Å²) in [6, 6.07) is 19.5. The van der Waals surface area contributed by atoms with Crippen molar-refractivity contribution in [2.24, 2.45) is 0 Å². The molecule has 4 rings (SSSR count). The molecule has 2 aromatic carbocycles. The molecule has 1 N–H and O–H groups in total. The molecule has 1 fully saturated rings. The standard InChI is InChI=1S/C24H31N3O/c1-19-18-27(15-13-25-19)23(28)24(16-21-10-6-7-11-22(21)17-24)26(2)14-12-20-8-4-3-5-9-20/h3-11,19,25H,12-18H2,1-2H3/t19-/m0/s1. The second kappa shape index (κ2) is 8.06. The summed E-state index contributed by atoms with van der Waals surface area (Å²) < 4.78 is 0. The van der Waals surface area contributed by atoms with Gasteiger partial charge in [0.15, 0.2) is 0 Å². The van der Waals surface area contributed by atoms with E-state index in [-0.39, 0.29) is 0 Å². The van der Waals surface area contributed by atoms with Crippen molar-refractivity contribution < 1.29 is 4.79 Å². The minimum absolute atomic E-state index is 0.299. The first-order valence-corrected chi connectivity index (χ1v) is 10.4. The van der Waals surface area contributed by atoms with Crippen molar-refractivity contribution in [2.75, 3.05) is 33.2 Å². The Kier molecular flexibility index (Phi) is 5.51. The van der Waals surface area contributed by atoms with Gasteiger partial charge in [0.1, 0.15) is 5.54 Å². The third-order valence-corrected chi connectivity index (χ3v) is 6.45. The zero-order chi connectivity index (χ0) is 19.6. The van der Waals surface area contributed by atoms with Crippen molar-refractivity contribution in [3.05, 3.63) is 71.3 Å². The van der Waals surface area contributed by atoms with Crippen LogP contribution in [0.5, 0.6) is 0 Å². The molecule has 0 unspecified atom stereocenters. The van der Waals surface area contributed by atoms with E-state index in [0.717, 1.165) is 45.4 Å². The number of rotatable bonds is 5. The lowest BCUT2D eigenvalue weighted by Crippen LogP contribution is -2.63. The molecule has 4 nitrogen and oxygen atoms in total. The fourth-order valence-electron chi connectivity index (χ4n) is 4.75. The van der Waals surface area contributed by atoms with Crippen LogP contribution in [0.3, 0.4) is 0 Å². The summed E-state index contributed by atoms with van der Waals surface area (Å²) in [5.74, 6) is 0.299. The van der Waals surface area contributed by atoms with Gasteiger partial charge in [0, 0.05) is 45.1 Å². The van der Waals surface area contributed by atoms with Crippen LogP contribution >= 0.6 is 0 Å². The molecule has 1 amide bonds. The second-order valence-electron chi connectivity index (χ2n) is 8.42. The van der Waals surface area contributed by atoms with E-state index in [1.165, 1.54) is 16.7 Å². The summed E-state index contributed by atoms with van der Waals surface area (Å²) in [5.41, 5.74) is 3.51. The first kappa shape index (κ1) is 19.2. The quantitative estimate of drug-likeness (QED) is 0.870. The van der Waals surface area contributed by atoms with Gasteiger partial charge < -0.3 is 10.2 Å². The highest BCUT2D eigenvalue weighted by atomic mass is 16.2. The Morgan fingerprint density at radius 2 is 1.75 bits per heavy atom. The third kappa shape index (κ3) is 3.71. The molecule has 4 heteroatoms. The summed E-state index contributed by atoms with van der Waals surface area (Å²) in [7, 11) is 2.14. The molecule has 1 atom stereocenters. The Labute approximate surface area is 168 Å². The van der Waals surface area contributed by atoms with Crippen LogP contribution in [0.2, 0.25) is 0 Å². The molecule has 0 saturated carbocycles. The van der Waals surface area contributed by atoms with Gasteiger partial charge in [-0.3, -0.25) is 9.69 Å². The molecule has 1 saturated heterocycles. The molecular weight excluding hydrogens is 346 g/mol. The number of piperazine rings is 1. The molecule has 1 aliphatic carbocycles. The molecule has 1 aliphatic heterocycles. The average molecular weight is 378 g/mol. The van der Waals surface area contributed by atoms with E-state index in [1.807, 2.05) is 0 Å². The minimum Gasteiger partial charge on any atom is -0.338 e. The Morgan fingerprint density at radius 3 is 2.39 bits per heavy atom. The van der Waals surface area contributed by atoms with Crippen LogP contribution in [0, 0.1) is 0 Å². The lowest BCUT2D eigenvalue weighted by atomic mass is 9.90.